The van der Waals surface area contributed by atoms with E-state index in [0.29, 0.717) is 31.7 Å². The van der Waals surface area contributed by atoms with E-state index in [1.54, 1.807) is 11.1 Å². The quantitative estimate of drug-likeness (QED) is 0.765. The summed E-state index contributed by atoms with van der Waals surface area (Å²) < 4.78 is 0. The molecule has 1 aromatic rings. The number of pyridine rings is 1. The smallest absolute Gasteiger partial charge is 0.272 e. The van der Waals surface area contributed by atoms with E-state index in [1.165, 1.54) is 0 Å². The third-order valence-corrected chi connectivity index (χ3v) is 3.25. The normalized spacial score (nSPS) is 9.90. The second-order valence-electron chi connectivity index (χ2n) is 4.36. The molecule has 0 saturated carbocycles. The lowest BCUT2D eigenvalue weighted by atomic mass is 10.2. The zero-order chi connectivity index (χ0) is 15.0. The van der Waals surface area contributed by atoms with Gasteiger partial charge in [0.25, 0.3) is 5.91 Å². The predicted octanol–water partition coefficient (Wildman–Crippen LogP) is 2.30. The van der Waals surface area contributed by atoms with E-state index in [-0.39, 0.29) is 5.91 Å². The van der Waals surface area contributed by atoms with Crippen molar-refractivity contribution in [3.05, 3.63) is 24.0 Å². The van der Waals surface area contributed by atoms with Crippen LogP contribution in [0.1, 0.15) is 37.7 Å². The Bertz CT molecular complexity index is 477. The Morgan fingerprint density at radius 1 is 1.30 bits per heavy atom. The van der Waals surface area contributed by atoms with Gasteiger partial charge in [0.15, 0.2) is 0 Å². The molecule has 1 amide bonds. The summed E-state index contributed by atoms with van der Waals surface area (Å²) in [6.07, 6.45) is 2.12. The van der Waals surface area contributed by atoms with Gasteiger partial charge in [-0.3, -0.25) is 9.78 Å². The molecular weight excluding hydrogens is 252 g/mol. The van der Waals surface area contributed by atoms with Crippen molar-refractivity contribution in [2.75, 3.05) is 31.1 Å². The van der Waals surface area contributed by atoms with Crippen LogP contribution in [0.5, 0.6) is 0 Å². The van der Waals surface area contributed by atoms with Crippen molar-refractivity contribution in [2.24, 2.45) is 0 Å². The second kappa shape index (κ2) is 8.16. The van der Waals surface area contributed by atoms with Crippen LogP contribution in [0.2, 0.25) is 0 Å². The number of anilines is 1. The van der Waals surface area contributed by atoms with E-state index in [9.17, 15) is 4.79 Å². The summed E-state index contributed by atoms with van der Waals surface area (Å²) in [6, 6.07) is 5.83. The van der Waals surface area contributed by atoms with E-state index in [0.717, 1.165) is 12.2 Å². The van der Waals surface area contributed by atoms with Crippen molar-refractivity contribution in [2.45, 2.75) is 27.2 Å². The second-order valence-corrected chi connectivity index (χ2v) is 4.36. The average molecular weight is 274 g/mol. The van der Waals surface area contributed by atoms with Crippen LogP contribution < -0.4 is 4.90 Å². The van der Waals surface area contributed by atoms with Gasteiger partial charge in [0.2, 0.25) is 0 Å². The van der Waals surface area contributed by atoms with Gasteiger partial charge in [-0.25, -0.2) is 0 Å². The summed E-state index contributed by atoms with van der Waals surface area (Å²) in [5, 5.41) is 8.69. The molecule has 0 unspecified atom stereocenters. The van der Waals surface area contributed by atoms with Crippen LogP contribution in [0.25, 0.3) is 0 Å². The first-order valence-electron chi connectivity index (χ1n) is 7.05. The zero-order valence-electron chi connectivity index (χ0n) is 12.5. The Morgan fingerprint density at radius 3 is 2.55 bits per heavy atom. The molecule has 0 bridgehead atoms. The number of amides is 1. The monoisotopic (exact) mass is 274 g/mol. The van der Waals surface area contributed by atoms with Crippen molar-refractivity contribution < 1.29 is 4.79 Å². The topological polar surface area (TPSA) is 60.2 Å². The first-order chi connectivity index (χ1) is 9.67. The first-order valence-corrected chi connectivity index (χ1v) is 7.05. The van der Waals surface area contributed by atoms with Gasteiger partial charge in [-0.1, -0.05) is 0 Å². The fourth-order valence-electron chi connectivity index (χ4n) is 2.06. The van der Waals surface area contributed by atoms with Gasteiger partial charge in [-0.15, -0.1) is 0 Å². The molecule has 0 saturated heterocycles. The van der Waals surface area contributed by atoms with Crippen LogP contribution in [-0.4, -0.2) is 42.0 Å². The first kappa shape index (κ1) is 16.0. The minimum Gasteiger partial charge on any atom is -0.371 e. The van der Waals surface area contributed by atoms with Gasteiger partial charge in [0.1, 0.15) is 5.69 Å². The number of rotatable bonds is 7. The highest BCUT2D eigenvalue weighted by Gasteiger charge is 2.15. The van der Waals surface area contributed by atoms with Crippen molar-refractivity contribution in [3.63, 3.8) is 0 Å². The van der Waals surface area contributed by atoms with Crippen LogP contribution in [0.3, 0.4) is 0 Å². The van der Waals surface area contributed by atoms with Gasteiger partial charge in [0, 0.05) is 38.1 Å². The Labute approximate surface area is 120 Å². The molecule has 0 aromatic carbocycles. The minimum atomic E-state index is -0.0480. The lowest BCUT2D eigenvalue weighted by Crippen LogP contribution is -2.31. The average Bonchev–Trinajstić information content (AvgIpc) is 2.49. The highest BCUT2D eigenvalue weighted by atomic mass is 16.2. The number of carbonyl (C=O) groups is 1. The molecule has 1 rings (SSSR count). The van der Waals surface area contributed by atoms with Crippen molar-refractivity contribution in [1.82, 2.24) is 9.88 Å². The van der Waals surface area contributed by atoms with Crippen molar-refractivity contribution in [1.29, 1.82) is 5.26 Å². The zero-order valence-corrected chi connectivity index (χ0v) is 12.5. The summed E-state index contributed by atoms with van der Waals surface area (Å²) in [6.45, 7) is 8.75. The van der Waals surface area contributed by atoms with Crippen LogP contribution in [0.4, 0.5) is 5.69 Å². The Kier molecular flexibility index (Phi) is 6.51. The van der Waals surface area contributed by atoms with Crippen LogP contribution in [-0.2, 0) is 0 Å². The Hall–Kier alpha value is -2.09. The van der Waals surface area contributed by atoms with Gasteiger partial charge in [-0.2, -0.15) is 5.26 Å². The standard InChI is InChI=1S/C15H22N4O/c1-4-18(5-2)15(20)14-12-13(8-10-17-14)19(6-3)11-7-9-16/h8,10,12H,4-7,11H2,1-3H3. The molecule has 0 fully saturated rings. The summed E-state index contributed by atoms with van der Waals surface area (Å²) in [5.74, 6) is -0.0480. The van der Waals surface area contributed by atoms with E-state index in [4.69, 9.17) is 5.26 Å². The summed E-state index contributed by atoms with van der Waals surface area (Å²) in [4.78, 5) is 20.3. The summed E-state index contributed by atoms with van der Waals surface area (Å²) in [5.41, 5.74) is 1.40. The Morgan fingerprint density at radius 2 is 2.00 bits per heavy atom. The van der Waals surface area contributed by atoms with Gasteiger partial charge in [0.05, 0.1) is 12.5 Å². The fourth-order valence-corrected chi connectivity index (χ4v) is 2.06. The lowest BCUT2D eigenvalue weighted by molar-refractivity contribution is 0.0767. The molecule has 1 heterocycles. The Balaban J connectivity index is 2.94. The van der Waals surface area contributed by atoms with Crippen LogP contribution >= 0.6 is 0 Å². The molecule has 0 aliphatic carbocycles. The van der Waals surface area contributed by atoms with Gasteiger partial charge in [-0.05, 0) is 32.9 Å². The number of nitrogens with zero attached hydrogens (tertiary/aromatic N) is 4. The highest BCUT2D eigenvalue weighted by molar-refractivity contribution is 5.93. The summed E-state index contributed by atoms with van der Waals surface area (Å²) in [7, 11) is 0. The molecule has 1 aromatic heterocycles. The van der Waals surface area contributed by atoms with Crippen molar-refractivity contribution in [3.8, 4) is 6.07 Å². The molecule has 108 valence electrons. The predicted molar refractivity (Wildman–Crippen MR) is 79.6 cm³/mol. The number of hydrogen-bond acceptors (Lipinski definition) is 4. The molecule has 0 spiro atoms. The molecule has 0 aliphatic heterocycles. The third-order valence-electron chi connectivity index (χ3n) is 3.25. The van der Waals surface area contributed by atoms with Gasteiger partial charge >= 0.3 is 0 Å². The molecule has 0 atom stereocenters. The van der Waals surface area contributed by atoms with Crippen LogP contribution in [0, 0.1) is 11.3 Å². The minimum absolute atomic E-state index is 0.0480. The third kappa shape index (κ3) is 3.95. The maximum absolute atomic E-state index is 12.3. The highest BCUT2D eigenvalue weighted by Crippen LogP contribution is 2.16. The summed E-state index contributed by atoms with van der Waals surface area (Å²) >= 11 is 0. The fraction of sp³-hybridized carbons (Fsp3) is 0.533. The number of aromatic nitrogens is 1. The largest absolute Gasteiger partial charge is 0.371 e. The maximum Gasteiger partial charge on any atom is 0.272 e. The van der Waals surface area contributed by atoms with E-state index in [1.807, 2.05) is 32.9 Å². The lowest BCUT2D eigenvalue weighted by Gasteiger charge is -2.23. The molecule has 0 N–H and O–H groups in total. The number of carbonyl (C=O) groups excluding carboxylic acids is 1. The van der Waals surface area contributed by atoms with Crippen LogP contribution in [0.15, 0.2) is 18.3 Å². The number of hydrogen-bond donors (Lipinski definition) is 0. The van der Waals surface area contributed by atoms with Gasteiger partial charge < -0.3 is 9.80 Å². The van der Waals surface area contributed by atoms with Crippen molar-refractivity contribution >= 4 is 11.6 Å². The molecule has 0 aliphatic rings. The SMILES string of the molecule is CCN(CC)C(=O)c1cc(N(CC)CCC#N)ccn1. The van der Waals surface area contributed by atoms with E-state index in [2.05, 4.69) is 16.0 Å². The van der Waals surface area contributed by atoms with E-state index >= 15 is 0 Å². The molecule has 5 heteroatoms. The molecule has 0 radical (unpaired) electrons. The molecular formula is C15H22N4O. The van der Waals surface area contributed by atoms with E-state index < -0.39 is 0 Å². The number of nitriles is 1. The molecule has 5 nitrogen and oxygen atoms in total. The maximum atomic E-state index is 12.3. The molecule has 20 heavy (non-hydrogen) atoms.